The average molecular weight is 169 g/mol. The smallest absolute Gasteiger partial charge is 0.171 e. The van der Waals surface area contributed by atoms with Gasteiger partial charge in [0.15, 0.2) is 12.4 Å². The average Bonchev–Trinajstić information content (AvgIpc) is 2.06. The normalized spacial score (nSPS) is 9.17. The first-order chi connectivity index (χ1) is 5.36. The molecule has 1 aromatic rings. The minimum absolute atomic E-state index is 0. The van der Waals surface area contributed by atoms with Crippen LogP contribution < -0.4 is 9.27 Å². The summed E-state index contributed by atoms with van der Waals surface area (Å²) in [5.74, 6) is 0. The van der Waals surface area contributed by atoms with Crippen molar-refractivity contribution in [3.8, 4) is 0 Å². The van der Waals surface area contributed by atoms with Gasteiger partial charge in [0.05, 0.1) is 0 Å². The maximum Gasteiger partial charge on any atom is 0.171 e. The van der Waals surface area contributed by atoms with Crippen LogP contribution in [0.2, 0.25) is 0 Å². The molecule has 1 nitrogen and oxygen atoms in total. The van der Waals surface area contributed by atoms with Crippen LogP contribution in [-0.2, 0) is 13.0 Å². The van der Waals surface area contributed by atoms with Gasteiger partial charge in [0.25, 0.3) is 0 Å². The van der Waals surface area contributed by atoms with Gasteiger partial charge in [0.2, 0.25) is 0 Å². The van der Waals surface area contributed by atoms with Crippen molar-refractivity contribution in [2.24, 2.45) is 0 Å². The van der Waals surface area contributed by atoms with Gasteiger partial charge in [-0.2, -0.15) is 0 Å². The number of halogens is 1. The van der Waals surface area contributed by atoms with Gasteiger partial charge in [0, 0.05) is 18.1 Å². The van der Waals surface area contributed by atoms with Crippen LogP contribution in [0.3, 0.4) is 0 Å². The minimum atomic E-state index is 0. The molecule has 0 fully saturated rings. The zero-order chi connectivity index (χ0) is 8.10. The highest BCUT2D eigenvalue weighted by atomic mass is 19.0. The first-order valence-electron chi connectivity index (χ1n) is 4.34. The van der Waals surface area contributed by atoms with Crippen molar-refractivity contribution in [2.75, 3.05) is 0 Å². The number of aromatic nitrogens is 1. The molecular weight excluding hydrogens is 153 g/mol. The zero-order valence-electron chi connectivity index (χ0n) is 7.76. The van der Waals surface area contributed by atoms with Crippen molar-refractivity contribution >= 4 is 0 Å². The SMILES string of the molecule is CCC[n+]1cccc(CC)c1.[F-]. The van der Waals surface area contributed by atoms with E-state index in [0.29, 0.717) is 0 Å². The topological polar surface area (TPSA) is 3.88 Å². The van der Waals surface area contributed by atoms with E-state index in [2.05, 4.69) is 42.9 Å². The summed E-state index contributed by atoms with van der Waals surface area (Å²) < 4.78 is 2.25. The fraction of sp³-hybridized carbons (Fsp3) is 0.500. The molecule has 68 valence electrons. The molecule has 1 rings (SSSR count). The summed E-state index contributed by atoms with van der Waals surface area (Å²) in [6.07, 6.45) is 6.69. The van der Waals surface area contributed by atoms with E-state index in [1.54, 1.807) is 0 Å². The Hall–Kier alpha value is -0.920. The second-order valence-corrected chi connectivity index (χ2v) is 2.80. The predicted molar refractivity (Wildman–Crippen MR) is 46.3 cm³/mol. The van der Waals surface area contributed by atoms with Crippen LogP contribution in [0.5, 0.6) is 0 Å². The first kappa shape index (κ1) is 11.1. The van der Waals surface area contributed by atoms with Gasteiger partial charge >= 0.3 is 0 Å². The predicted octanol–water partition coefficient (Wildman–Crippen LogP) is -1.05. The minimum Gasteiger partial charge on any atom is -1.00 e. The van der Waals surface area contributed by atoms with Gasteiger partial charge in [0.1, 0.15) is 6.54 Å². The largest absolute Gasteiger partial charge is 1.00 e. The number of aryl methyl sites for hydroxylation is 2. The summed E-state index contributed by atoms with van der Waals surface area (Å²) >= 11 is 0. The third-order valence-corrected chi connectivity index (χ3v) is 1.81. The molecule has 12 heavy (non-hydrogen) atoms. The number of hydrogen-bond donors (Lipinski definition) is 0. The number of hydrogen-bond acceptors (Lipinski definition) is 0. The van der Waals surface area contributed by atoms with E-state index in [1.165, 1.54) is 12.0 Å². The third kappa shape index (κ3) is 2.99. The lowest BCUT2D eigenvalue weighted by Crippen LogP contribution is -3.00. The van der Waals surface area contributed by atoms with E-state index in [-0.39, 0.29) is 4.70 Å². The van der Waals surface area contributed by atoms with Gasteiger partial charge in [-0.3, -0.25) is 0 Å². The molecule has 0 aromatic carbocycles. The molecular formula is C10H16FN. The molecule has 0 unspecified atom stereocenters. The molecule has 0 amide bonds. The molecule has 0 aliphatic rings. The van der Waals surface area contributed by atoms with E-state index in [1.807, 2.05) is 0 Å². The second-order valence-electron chi connectivity index (χ2n) is 2.80. The standard InChI is InChI=1S/C10H16N.FH/c1-3-7-11-8-5-6-10(4-2)9-11;/h5-6,8-9H,3-4,7H2,1-2H3;1H/q+1;/p-1. The summed E-state index contributed by atoms with van der Waals surface area (Å²) in [4.78, 5) is 0. The molecule has 0 saturated carbocycles. The maximum absolute atomic E-state index is 2.25. The molecule has 0 saturated heterocycles. The molecule has 0 aliphatic carbocycles. The van der Waals surface area contributed by atoms with Gasteiger partial charge in [-0.1, -0.05) is 13.8 Å². The summed E-state index contributed by atoms with van der Waals surface area (Å²) in [6.45, 7) is 5.52. The van der Waals surface area contributed by atoms with Gasteiger partial charge in [-0.15, -0.1) is 0 Å². The van der Waals surface area contributed by atoms with Crippen LogP contribution in [0.1, 0.15) is 25.8 Å². The Kier molecular flexibility index (Phi) is 5.26. The highest BCUT2D eigenvalue weighted by Gasteiger charge is 1.97. The molecule has 0 aliphatic heterocycles. The molecule has 0 spiro atoms. The van der Waals surface area contributed by atoms with E-state index >= 15 is 0 Å². The fourth-order valence-electron chi connectivity index (χ4n) is 1.18. The van der Waals surface area contributed by atoms with Crippen molar-refractivity contribution in [3.05, 3.63) is 30.1 Å². The summed E-state index contributed by atoms with van der Waals surface area (Å²) in [7, 11) is 0. The van der Waals surface area contributed by atoms with Gasteiger partial charge < -0.3 is 4.70 Å². The Labute approximate surface area is 73.4 Å². The van der Waals surface area contributed by atoms with E-state index in [0.717, 1.165) is 13.0 Å². The van der Waals surface area contributed by atoms with Crippen LogP contribution in [0, 0.1) is 0 Å². The van der Waals surface area contributed by atoms with E-state index < -0.39 is 0 Å². The van der Waals surface area contributed by atoms with Crippen molar-refractivity contribution in [1.82, 2.24) is 0 Å². The van der Waals surface area contributed by atoms with Gasteiger partial charge in [-0.25, -0.2) is 4.57 Å². The van der Waals surface area contributed by atoms with Crippen molar-refractivity contribution in [1.29, 1.82) is 0 Å². The lowest BCUT2D eigenvalue weighted by molar-refractivity contribution is -0.697. The molecule has 0 atom stereocenters. The van der Waals surface area contributed by atoms with Crippen LogP contribution in [-0.4, -0.2) is 0 Å². The van der Waals surface area contributed by atoms with Crippen molar-refractivity contribution in [2.45, 2.75) is 33.2 Å². The third-order valence-electron chi connectivity index (χ3n) is 1.81. The second kappa shape index (κ2) is 5.70. The van der Waals surface area contributed by atoms with Crippen molar-refractivity contribution in [3.63, 3.8) is 0 Å². The van der Waals surface area contributed by atoms with Crippen LogP contribution in [0.4, 0.5) is 0 Å². The zero-order valence-corrected chi connectivity index (χ0v) is 7.76. The van der Waals surface area contributed by atoms with Crippen LogP contribution >= 0.6 is 0 Å². The van der Waals surface area contributed by atoms with E-state index in [4.69, 9.17) is 0 Å². The number of nitrogens with zero attached hydrogens (tertiary/aromatic N) is 1. The number of rotatable bonds is 3. The van der Waals surface area contributed by atoms with Gasteiger partial charge in [-0.05, 0) is 12.5 Å². The Balaban J connectivity index is 0.00000121. The lowest BCUT2D eigenvalue weighted by Gasteiger charge is -1.95. The summed E-state index contributed by atoms with van der Waals surface area (Å²) in [6, 6.07) is 4.29. The monoisotopic (exact) mass is 169 g/mol. The molecule has 1 aromatic heterocycles. The van der Waals surface area contributed by atoms with E-state index in [9.17, 15) is 0 Å². The highest BCUT2D eigenvalue weighted by Crippen LogP contribution is 1.94. The lowest BCUT2D eigenvalue weighted by atomic mass is 10.2. The van der Waals surface area contributed by atoms with Crippen LogP contribution in [0.25, 0.3) is 0 Å². The Morgan fingerprint density at radius 1 is 1.33 bits per heavy atom. The van der Waals surface area contributed by atoms with Crippen LogP contribution in [0.15, 0.2) is 24.5 Å². The Bertz CT molecular complexity index is 223. The first-order valence-corrected chi connectivity index (χ1v) is 4.34. The fourth-order valence-corrected chi connectivity index (χ4v) is 1.18. The van der Waals surface area contributed by atoms with Crippen molar-refractivity contribution < 1.29 is 9.27 Å². The summed E-state index contributed by atoms with van der Waals surface area (Å²) in [5.41, 5.74) is 1.42. The Morgan fingerprint density at radius 3 is 2.67 bits per heavy atom. The molecule has 1 heterocycles. The maximum atomic E-state index is 2.25. The Morgan fingerprint density at radius 2 is 2.08 bits per heavy atom. The highest BCUT2D eigenvalue weighted by molar-refractivity contribution is 5.04. The quantitative estimate of drug-likeness (QED) is 0.508. The summed E-state index contributed by atoms with van der Waals surface area (Å²) in [5, 5.41) is 0. The molecule has 0 bridgehead atoms. The molecule has 2 heteroatoms. The molecule has 0 radical (unpaired) electrons. The molecule has 0 N–H and O–H groups in total. The number of pyridine rings is 1.